The van der Waals surface area contributed by atoms with Gasteiger partial charge in [-0.3, -0.25) is 0 Å². The number of para-hydroxylation sites is 1. The summed E-state index contributed by atoms with van der Waals surface area (Å²) in [5.41, 5.74) is 7.73. The molecule has 0 radical (unpaired) electrons. The maximum atomic E-state index is 9.02. The highest BCUT2D eigenvalue weighted by Gasteiger charge is 2.13. The lowest BCUT2D eigenvalue weighted by Crippen LogP contribution is -1.90. The van der Waals surface area contributed by atoms with Gasteiger partial charge in [-0.1, -0.05) is 18.2 Å². The van der Waals surface area contributed by atoms with E-state index in [4.69, 9.17) is 15.7 Å². The molecule has 0 aliphatic carbocycles. The van der Waals surface area contributed by atoms with E-state index in [1.165, 1.54) is 0 Å². The number of hydrogen-bond acceptors (Lipinski definition) is 3. The third-order valence-electron chi connectivity index (χ3n) is 2.42. The number of rotatable bonds is 2. The number of aromatic nitrogens is 1. The van der Waals surface area contributed by atoms with Gasteiger partial charge < -0.3 is 15.5 Å². The second-order valence-corrected chi connectivity index (χ2v) is 3.30. The van der Waals surface area contributed by atoms with Crippen molar-refractivity contribution in [2.75, 3.05) is 12.8 Å². The van der Waals surface area contributed by atoms with Crippen molar-refractivity contribution in [3.05, 3.63) is 36.0 Å². The number of H-pyrrole nitrogens is 1. The Morgan fingerprint density at radius 3 is 2.75 bits per heavy atom. The van der Waals surface area contributed by atoms with E-state index in [1.54, 1.807) is 13.3 Å². The normalized spacial score (nSPS) is 9.75. The highest BCUT2D eigenvalue weighted by molar-refractivity contribution is 5.79. The van der Waals surface area contributed by atoms with Gasteiger partial charge in [-0.2, -0.15) is 5.26 Å². The summed E-state index contributed by atoms with van der Waals surface area (Å²) in [5, 5.41) is 9.02. The van der Waals surface area contributed by atoms with Gasteiger partial charge in [0.05, 0.1) is 7.11 Å². The molecule has 2 aromatic rings. The highest BCUT2D eigenvalue weighted by Crippen LogP contribution is 2.33. The fourth-order valence-corrected chi connectivity index (χ4v) is 1.64. The average molecular weight is 213 g/mol. The van der Waals surface area contributed by atoms with Crippen LogP contribution < -0.4 is 10.5 Å². The second-order valence-electron chi connectivity index (χ2n) is 3.30. The zero-order valence-electron chi connectivity index (χ0n) is 8.82. The van der Waals surface area contributed by atoms with Crippen molar-refractivity contribution in [2.45, 2.75) is 0 Å². The molecule has 0 aliphatic rings. The van der Waals surface area contributed by atoms with Gasteiger partial charge in [0.15, 0.2) is 0 Å². The first-order chi connectivity index (χ1) is 7.77. The molecule has 0 spiro atoms. The van der Waals surface area contributed by atoms with Gasteiger partial charge in [0, 0.05) is 17.3 Å². The molecule has 0 fully saturated rings. The van der Waals surface area contributed by atoms with Crippen molar-refractivity contribution in [3.63, 3.8) is 0 Å². The Hall–Kier alpha value is -2.41. The van der Waals surface area contributed by atoms with Crippen molar-refractivity contribution >= 4 is 5.82 Å². The van der Waals surface area contributed by atoms with Gasteiger partial charge >= 0.3 is 0 Å². The number of anilines is 1. The monoisotopic (exact) mass is 213 g/mol. The molecule has 0 atom stereocenters. The first-order valence-electron chi connectivity index (χ1n) is 4.78. The Morgan fingerprint density at radius 1 is 1.31 bits per heavy atom. The van der Waals surface area contributed by atoms with Crippen LogP contribution in [0.25, 0.3) is 11.1 Å². The molecule has 0 bridgehead atoms. The van der Waals surface area contributed by atoms with Crippen molar-refractivity contribution < 1.29 is 4.74 Å². The Balaban J connectivity index is 2.64. The van der Waals surface area contributed by atoms with Gasteiger partial charge in [-0.15, -0.1) is 0 Å². The molecule has 16 heavy (non-hydrogen) atoms. The molecule has 4 heteroatoms. The number of ether oxygens (including phenoxy) is 1. The molecular weight excluding hydrogens is 202 g/mol. The number of methoxy groups -OCH3 is 1. The predicted octanol–water partition coefficient (Wildman–Crippen LogP) is 2.14. The van der Waals surface area contributed by atoms with Gasteiger partial charge in [-0.25, -0.2) is 0 Å². The molecule has 80 valence electrons. The van der Waals surface area contributed by atoms with Crippen molar-refractivity contribution in [2.24, 2.45) is 0 Å². The minimum atomic E-state index is 0.378. The first-order valence-corrected chi connectivity index (χ1v) is 4.78. The maximum Gasteiger partial charge on any atom is 0.126 e. The minimum Gasteiger partial charge on any atom is -0.496 e. The van der Waals surface area contributed by atoms with E-state index >= 15 is 0 Å². The van der Waals surface area contributed by atoms with E-state index in [-0.39, 0.29) is 0 Å². The number of nitrogens with two attached hydrogens (primary N) is 1. The van der Waals surface area contributed by atoms with Crippen LogP contribution in [0.15, 0.2) is 30.5 Å². The first kappa shape index (κ1) is 10.1. The van der Waals surface area contributed by atoms with E-state index in [0.29, 0.717) is 11.4 Å². The fraction of sp³-hybridized carbons (Fsp3) is 0.0833. The summed E-state index contributed by atoms with van der Waals surface area (Å²) in [6, 6.07) is 9.59. The Bertz CT molecular complexity index is 552. The third-order valence-corrected chi connectivity index (χ3v) is 2.42. The zero-order valence-corrected chi connectivity index (χ0v) is 8.82. The molecular formula is C12H11N3O. The van der Waals surface area contributed by atoms with Crippen LogP contribution in [0.2, 0.25) is 0 Å². The molecule has 3 N–H and O–H groups in total. The third kappa shape index (κ3) is 1.48. The summed E-state index contributed by atoms with van der Waals surface area (Å²) in [7, 11) is 1.60. The summed E-state index contributed by atoms with van der Waals surface area (Å²) in [6.45, 7) is 0. The van der Waals surface area contributed by atoms with Crippen LogP contribution in [0.5, 0.6) is 5.75 Å². The lowest BCUT2D eigenvalue weighted by Gasteiger charge is -2.06. The van der Waals surface area contributed by atoms with Crippen LogP contribution in [0.4, 0.5) is 5.82 Å². The van der Waals surface area contributed by atoms with Gasteiger partial charge in [0.1, 0.15) is 23.2 Å². The minimum absolute atomic E-state index is 0.378. The van der Waals surface area contributed by atoms with E-state index in [2.05, 4.69) is 11.1 Å². The van der Waals surface area contributed by atoms with Crippen molar-refractivity contribution in [1.29, 1.82) is 5.26 Å². The van der Waals surface area contributed by atoms with Crippen molar-refractivity contribution in [3.8, 4) is 22.9 Å². The number of nitrogens with one attached hydrogen (secondary N) is 1. The van der Waals surface area contributed by atoms with Crippen LogP contribution in [-0.2, 0) is 0 Å². The smallest absolute Gasteiger partial charge is 0.126 e. The number of nitriles is 1. The van der Waals surface area contributed by atoms with Crippen LogP contribution in [0, 0.1) is 11.3 Å². The molecule has 2 rings (SSSR count). The Morgan fingerprint density at radius 2 is 2.06 bits per heavy atom. The van der Waals surface area contributed by atoms with Crippen molar-refractivity contribution in [1.82, 2.24) is 4.98 Å². The molecule has 0 unspecified atom stereocenters. The number of nitrogens with zero attached hydrogens (tertiary/aromatic N) is 1. The lowest BCUT2D eigenvalue weighted by molar-refractivity contribution is 0.416. The number of aromatic amines is 1. The van der Waals surface area contributed by atoms with E-state index in [9.17, 15) is 0 Å². The summed E-state index contributed by atoms with van der Waals surface area (Å²) in [4.78, 5) is 2.84. The maximum absolute atomic E-state index is 9.02. The standard InChI is InChI=1S/C12H11N3O/c1-16-11-5-3-2-4-8(11)10-7-15-12(14)9(10)6-13/h2-5,7,15H,14H2,1H3. The summed E-state index contributed by atoms with van der Waals surface area (Å²) < 4.78 is 5.24. The predicted molar refractivity (Wildman–Crippen MR) is 61.9 cm³/mol. The van der Waals surface area contributed by atoms with Gasteiger partial charge in [-0.05, 0) is 6.07 Å². The lowest BCUT2D eigenvalue weighted by atomic mass is 10.0. The van der Waals surface area contributed by atoms with E-state index < -0.39 is 0 Å². The summed E-state index contributed by atoms with van der Waals surface area (Å²) >= 11 is 0. The highest BCUT2D eigenvalue weighted by atomic mass is 16.5. The number of benzene rings is 1. The zero-order chi connectivity index (χ0) is 11.5. The molecule has 0 amide bonds. The molecule has 1 aromatic carbocycles. The van der Waals surface area contributed by atoms with E-state index in [0.717, 1.165) is 16.9 Å². The number of nitrogen functional groups attached to an aromatic ring is 1. The summed E-state index contributed by atoms with van der Waals surface area (Å²) in [5.74, 6) is 1.10. The fourth-order valence-electron chi connectivity index (χ4n) is 1.64. The van der Waals surface area contributed by atoms with Gasteiger partial charge in [0.2, 0.25) is 0 Å². The quantitative estimate of drug-likeness (QED) is 0.802. The molecule has 1 aromatic heterocycles. The Kier molecular flexibility index (Phi) is 2.52. The molecule has 0 aliphatic heterocycles. The van der Waals surface area contributed by atoms with Crippen LogP contribution in [0.3, 0.4) is 0 Å². The molecule has 4 nitrogen and oxygen atoms in total. The summed E-state index contributed by atoms with van der Waals surface area (Å²) in [6.07, 6.45) is 1.71. The largest absolute Gasteiger partial charge is 0.496 e. The molecule has 0 saturated heterocycles. The van der Waals surface area contributed by atoms with Gasteiger partial charge in [0.25, 0.3) is 0 Å². The molecule has 0 saturated carbocycles. The second kappa shape index (κ2) is 3.99. The van der Waals surface area contributed by atoms with Crippen LogP contribution >= 0.6 is 0 Å². The number of hydrogen-bond donors (Lipinski definition) is 2. The SMILES string of the molecule is COc1ccccc1-c1c[nH]c(N)c1C#N. The van der Waals surface area contributed by atoms with E-state index in [1.807, 2.05) is 24.3 Å². The van der Waals surface area contributed by atoms with Crippen LogP contribution in [0.1, 0.15) is 5.56 Å². The van der Waals surface area contributed by atoms with Crippen LogP contribution in [-0.4, -0.2) is 12.1 Å². The Labute approximate surface area is 93.3 Å². The topological polar surface area (TPSA) is 74.8 Å². The average Bonchev–Trinajstić information content (AvgIpc) is 2.70. The molecule has 1 heterocycles.